The second-order valence-corrected chi connectivity index (χ2v) is 11.3. The van der Waals surface area contributed by atoms with Crippen molar-refractivity contribution in [3.63, 3.8) is 0 Å². The number of aryl methyl sites for hydroxylation is 1. The van der Waals surface area contributed by atoms with Crippen molar-refractivity contribution >= 4 is 32.0 Å². The van der Waals surface area contributed by atoms with Crippen molar-refractivity contribution in [2.75, 3.05) is 19.3 Å². The molecule has 4 heterocycles. The molecule has 3 aromatic heterocycles. The van der Waals surface area contributed by atoms with E-state index in [2.05, 4.69) is 9.97 Å². The highest BCUT2D eigenvalue weighted by molar-refractivity contribution is 7.88. The lowest BCUT2D eigenvalue weighted by Gasteiger charge is -2.15. The Bertz CT molecular complexity index is 1770. The van der Waals surface area contributed by atoms with E-state index in [1.54, 1.807) is 22.4 Å². The minimum atomic E-state index is -3.32. The van der Waals surface area contributed by atoms with E-state index < -0.39 is 10.0 Å². The van der Waals surface area contributed by atoms with Gasteiger partial charge in [0, 0.05) is 42.8 Å². The van der Waals surface area contributed by atoms with Crippen LogP contribution in [0.1, 0.15) is 12.5 Å². The Labute approximate surface area is 208 Å². The van der Waals surface area contributed by atoms with E-state index in [1.807, 2.05) is 66.9 Å². The van der Waals surface area contributed by atoms with Gasteiger partial charge >= 0.3 is 5.69 Å². The van der Waals surface area contributed by atoms with Crippen molar-refractivity contribution in [3.05, 3.63) is 83.5 Å². The van der Waals surface area contributed by atoms with Gasteiger partial charge in [0.2, 0.25) is 10.0 Å². The summed E-state index contributed by atoms with van der Waals surface area (Å²) in [7, 11) is -1.59. The number of hydrogen-bond acceptors (Lipinski definition) is 5. The Balaban J connectivity index is 1.48. The van der Waals surface area contributed by atoms with Gasteiger partial charge in [-0.2, -0.15) is 0 Å². The van der Waals surface area contributed by atoms with E-state index in [9.17, 15) is 13.2 Å². The second-order valence-electron chi connectivity index (χ2n) is 9.30. The summed E-state index contributed by atoms with van der Waals surface area (Å²) in [6.45, 7) is 0.687. The molecular weight excluding hydrogens is 474 g/mol. The molecule has 2 aromatic carbocycles. The molecule has 1 atom stereocenters. The number of imidazole rings is 1. The molecule has 0 unspecified atom stereocenters. The van der Waals surface area contributed by atoms with E-state index in [-0.39, 0.29) is 18.3 Å². The quantitative estimate of drug-likeness (QED) is 0.375. The maximum atomic E-state index is 13.3. The summed E-state index contributed by atoms with van der Waals surface area (Å²) in [6, 6.07) is 19.8. The molecule has 1 saturated heterocycles. The number of nitrogens with zero attached hydrogens (tertiary/aromatic N) is 5. The minimum Gasteiger partial charge on any atom is -0.293 e. The zero-order valence-electron chi connectivity index (χ0n) is 20.0. The number of hydrogen-bond donors (Lipinski definition) is 0. The number of rotatable bonds is 4. The molecule has 6 rings (SSSR count). The average molecular weight is 500 g/mol. The molecule has 8 nitrogen and oxygen atoms in total. The largest absolute Gasteiger partial charge is 0.329 e. The van der Waals surface area contributed by atoms with E-state index in [0.717, 1.165) is 44.3 Å². The predicted octanol–water partition coefficient (Wildman–Crippen LogP) is 3.82. The fourth-order valence-corrected chi connectivity index (χ4v) is 5.99. The molecule has 0 bridgehead atoms. The van der Waals surface area contributed by atoms with Crippen molar-refractivity contribution in [2.24, 2.45) is 7.05 Å². The molecule has 1 fully saturated rings. The van der Waals surface area contributed by atoms with Crippen LogP contribution in [0.25, 0.3) is 44.3 Å². The SMILES string of the molecule is Cn1c(=O)n([C@H]2CCN(S(C)(=O)=O)C2)c2c3cc(-c4ccc(-c5ccccc5)nc4)ccc3ncc21. The lowest BCUT2D eigenvalue weighted by Crippen LogP contribution is -2.31. The Morgan fingerprint density at radius 2 is 1.69 bits per heavy atom. The first-order valence-electron chi connectivity index (χ1n) is 11.8. The van der Waals surface area contributed by atoms with Crippen LogP contribution in [0, 0.1) is 0 Å². The molecule has 0 amide bonds. The van der Waals surface area contributed by atoms with Crippen LogP contribution in [0.2, 0.25) is 0 Å². The van der Waals surface area contributed by atoms with Gasteiger partial charge in [0.25, 0.3) is 0 Å². The molecule has 1 aliphatic heterocycles. The monoisotopic (exact) mass is 499 g/mol. The molecule has 36 heavy (non-hydrogen) atoms. The molecule has 0 radical (unpaired) electrons. The van der Waals surface area contributed by atoms with Gasteiger partial charge in [-0.05, 0) is 30.2 Å². The molecule has 0 N–H and O–H groups in total. The van der Waals surface area contributed by atoms with Crippen molar-refractivity contribution in [2.45, 2.75) is 12.5 Å². The third-order valence-corrected chi connectivity index (χ3v) is 8.31. The highest BCUT2D eigenvalue weighted by atomic mass is 32.2. The summed E-state index contributed by atoms with van der Waals surface area (Å²) in [6.07, 6.45) is 5.37. The number of fused-ring (bicyclic) bond motifs is 3. The van der Waals surface area contributed by atoms with Gasteiger partial charge in [0.1, 0.15) is 0 Å². The first-order chi connectivity index (χ1) is 17.3. The Kier molecular flexibility index (Phi) is 5.27. The van der Waals surface area contributed by atoms with Crippen LogP contribution >= 0.6 is 0 Å². The molecule has 0 spiro atoms. The van der Waals surface area contributed by atoms with Crippen LogP contribution in [0.5, 0.6) is 0 Å². The number of sulfonamides is 1. The fourth-order valence-electron chi connectivity index (χ4n) is 5.11. The van der Waals surface area contributed by atoms with Gasteiger partial charge in [-0.1, -0.05) is 42.5 Å². The number of aromatic nitrogens is 4. The molecule has 5 aromatic rings. The first kappa shape index (κ1) is 22.6. The molecular formula is C27H25N5O3S. The van der Waals surface area contributed by atoms with Crippen molar-refractivity contribution in [1.82, 2.24) is 23.4 Å². The van der Waals surface area contributed by atoms with Crippen molar-refractivity contribution in [1.29, 1.82) is 0 Å². The molecule has 0 aliphatic carbocycles. The van der Waals surface area contributed by atoms with Gasteiger partial charge in [0.05, 0.1) is 40.7 Å². The van der Waals surface area contributed by atoms with Crippen molar-refractivity contribution in [3.8, 4) is 22.4 Å². The van der Waals surface area contributed by atoms with E-state index >= 15 is 0 Å². The van der Waals surface area contributed by atoms with E-state index in [1.165, 1.54) is 10.6 Å². The summed E-state index contributed by atoms with van der Waals surface area (Å²) < 4.78 is 29.0. The van der Waals surface area contributed by atoms with Crippen LogP contribution in [-0.2, 0) is 17.1 Å². The summed E-state index contributed by atoms with van der Waals surface area (Å²) in [5.41, 5.74) is 6.00. The highest BCUT2D eigenvalue weighted by Crippen LogP contribution is 2.32. The summed E-state index contributed by atoms with van der Waals surface area (Å²) in [5.74, 6) is 0. The first-order valence-corrected chi connectivity index (χ1v) is 13.6. The molecule has 182 valence electrons. The lowest BCUT2D eigenvalue weighted by molar-refractivity contribution is 0.454. The maximum Gasteiger partial charge on any atom is 0.329 e. The van der Waals surface area contributed by atoms with Gasteiger partial charge in [0.15, 0.2) is 0 Å². The summed E-state index contributed by atoms with van der Waals surface area (Å²) in [5, 5.41) is 0.854. The summed E-state index contributed by atoms with van der Waals surface area (Å²) >= 11 is 0. The third-order valence-electron chi connectivity index (χ3n) is 7.04. The second kappa shape index (κ2) is 8.39. The van der Waals surface area contributed by atoms with Crippen LogP contribution in [0.4, 0.5) is 0 Å². The van der Waals surface area contributed by atoms with Crippen LogP contribution < -0.4 is 5.69 Å². The van der Waals surface area contributed by atoms with Gasteiger partial charge in [-0.25, -0.2) is 17.5 Å². The third kappa shape index (κ3) is 3.71. The zero-order valence-corrected chi connectivity index (χ0v) is 20.8. The number of benzene rings is 2. The minimum absolute atomic E-state index is 0.168. The topological polar surface area (TPSA) is 90.1 Å². The van der Waals surface area contributed by atoms with E-state index in [0.29, 0.717) is 13.0 Å². The van der Waals surface area contributed by atoms with Gasteiger partial charge < -0.3 is 0 Å². The van der Waals surface area contributed by atoms with Gasteiger partial charge in [-0.3, -0.25) is 19.1 Å². The van der Waals surface area contributed by atoms with Crippen LogP contribution in [0.15, 0.2) is 77.9 Å². The fraction of sp³-hybridized carbons (Fsp3) is 0.222. The predicted molar refractivity (Wildman–Crippen MR) is 141 cm³/mol. The normalized spacial score (nSPS) is 16.8. The smallest absolute Gasteiger partial charge is 0.293 e. The van der Waals surface area contributed by atoms with Crippen molar-refractivity contribution < 1.29 is 8.42 Å². The highest BCUT2D eigenvalue weighted by Gasteiger charge is 2.32. The molecule has 1 aliphatic rings. The van der Waals surface area contributed by atoms with E-state index in [4.69, 9.17) is 0 Å². The average Bonchev–Trinajstić information content (AvgIpc) is 3.48. The maximum absolute atomic E-state index is 13.3. The Hall–Kier alpha value is -3.82. The van der Waals surface area contributed by atoms with Crippen LogP contribution in [-0.4, -0.2) is 51.2 Å². The molecule has 0 saturated carbocycles. The zero-order chi connectivity index (χ0) is 25.0. The van der Waals surface area contributed by atoms with Gasteiger partial charge in [-0.15, -0.1) is 0 Å². The Morgan fingerprint density at radius 1 is 0.917 bits per heavy atom. The van der Waals surface area contributed by atoms with Crippen LogP contribution in [0.3, 0.4) is 0 Å². The lowest BCUT2D eigenvalue weighted by atomic mass is 10.0. The Morgan fingerprint density at radius 3 is 2.39 bits per heavy atom. The summed E-state index contributed by atoms with van der Waals surface area (Å²) in [4.78, 5) is 22.6. The number of pyridine rings is 2. The molecule has 9 heteroatoms. The standard InChI is InChI=1S/C27H25N5O3S/c1-30-25-16-29-24-11-8-19(20-9-10-23(28-15-20)18-6-4-3-5-7-18)14-22(24)26(25)32(27(30)33)21-12-13-31(17-21)36(2,34)35/h3-11,14-16,21H,12-13,17H2,1-2H3/t21-/m0/s1.